The van der Waals surface area contributed by atoms with Gasteiger partial charge >= 0.3 is 5.95 Å². The lowest BCUT2D eigenvalue weighted by molar-refractivity contribution is 0.831. The summed E-state index contributed by atoms with van der Waals surface area (Å²) in [5.41, 5.74) is 6.36. The fraction of sp³-hybridized carbons (Fsp3) is 0. The van der Waals surface area contributed by atoms with E-state index in [1.54, 1.807) is 0 Å². The fourth-order valence-corrected chi connectivity index (χ4v) is 0.243. The van der Waals surface area contributed by atoms with Gasteiger partial charge in [-0.05, 0) is 0 Å². The van der Waals surface area contributed by atoms with Crippen LogP contribution in [0.15, 0.2) is 11.4 Å². The van der Waals surface area contributed by atoms with Gasteiger partial charge in [-0.1, -0.05) is 0 Å². The van der Waals surface area contributed by atoms with E-state index in [4.69, 9.17) is 5.53 Å². The molecule has 0 aliphatic carbocycles. The van der Waals surface area contributed by atoms with Crippen LogP contribution in [0, 0.1) is 5.53 Å². The third kappa shape index (κ3) is 0.780. The molecule has 0 amide bonds. The Bertz CT molecular complexity index is 169. The van der Waals surface area contributed by atoms with Crippen LogP contribution in [0.3, 0.4) is 0 Å². The summed E-state index contributed by atoms with van der Waals surface area (Å²) in [6.07, 6.45) is 1.18. The van der Waals surface area contributed by atoms with Crippen LogP contribution in [0.4, 0.5) is 5.95 Å². The minimum absolute atomic E-state index is 0.0208. The van der Waals surface area contributed by atoms with Crippen LogP contribution in [0.25, 0.3) is 0 Å². The van der Waals surface area contributed by atoms with Gasteiger partial charge < -0.3 is 0 Å². The molecule has 0 spiro atoms. The Morgan fingerprint density at radius 2 is 2.00 bits per heavy atom. The molecular weight excluding hydrogens is 108 g/mol. The minimum atomic E-state index is -0.0208. The van der Waals surface area contributed by atoms with Crippen LogP contribution in [0.1, 0.15) is 0 Å². The van der Waals surface area contributed by atoms with E-state index in [2.05, 4.69) is 25.5 Å². The van der Waals surface area contributed by atoms with Crippen molar-refractivity contribution in [2.75, 3.05) is 0 Å². The molecule has 0 aliphatic rings. The normalized spacial score (nSPS) is 8.50. The topological polar surface area (TPSA) is 87.8 Å². The summed E-state index contributed by atoms with van der Waals surface area (Å²) in [5, 5.41) is 16.1. The van der Waals surface area contributed by atoms with Crippen molar-refractivity contribution in [2.45, 2.75) is 0 Å². The second kappa shape index (κ2) is 2.01. The van der Waals surface area contributed by atoms with Crippen LogP contribution in [-0.4, -0.2) is 20.4 Å². The zero-order valence-electron chi connectivity index (χ0n) is 3.81. The van der Waals surface area contributed by atoms with Gasteiger partial charge in [0.15, 0.2) is 6.33 Å². The van der Waals surface area contributed by atoms with Gasteiger partial charge in [-0.15, -0.1) is 25.5 Å². The highest BCUT2D eigenvalue weighted by Crippen LogP contribution is 1.91. The second-order valence-electron chi connectivity index (χ2n) is 0.958. The van der Waals surface area contributed by atoms with E-state index in [9.17, 15) is 0 Å². The Hall–Kier alpha value is -1.46. The summed E-state index contributed by atoms with van der Waals surface area (Å²) in [7, 11) is 0. The number of aromatic nitrogens is 4. The minimum Gasteiger partial charge on any atom is -0.201 e. The monoisotopic (exact) mass is 110 g/mol. The van der Waals surface area contributed by atoms with E-state index < -0.39 is 0 Å². The van der Waals surface area contributed by atoms with E-state index in [1.165, 1.54) is 6.33 Å². The zero-order chi connectivity index (χ0) is 5.82. The molecule has 0 aromatic carbocycles. The molecule has 0 saturated carbocycles. The molecule has 0 saturated heterocycles. The van der Waals surface area contributed by atoms with Crippen molar-refractivity contribution in [3.8, 4) is 0 Å². The number of hydrogen-bond acceptors (Lipinski definition) is 6. The molecule has 40 valence electrons. The Morgan fingerprint density at radius 1 is 1.38 bits per heavy atom. The van der Waals surface area contributed by atoms with Gasteiger partial charge in [0.1, 0.15) is 0 Å². The predicted molar refractivity (Wildman–Crippen MR) is 22.4 cm³/mol. The summed E-state index contributed by atoms with van der Waals surface area (Å²) in [4.78, 5) is 0. The lowest BCUT2D eigenvalue weighted by Crippen LogP contribution is -1.85. The maximum absolute atomic E-state index is 6.36. The summed E-state index contributed by atoms with van der Waals surface area (Å²) in [6, 6.07) is 0. The summed E-state index contributed by atoms with van der Waals surface area (Å²) in [5.74, 6) is -0.0208. The first-order valence-electron chi connectivity index (χ1n) is 1.81. The first-order chi connectivity index (χ1) is 3.93. The van der Waals surface area contributed by atoms with Crippen LogP contribution in [0.2, 0.25) is 0 Å². The van der Waals surface area contributed by atoms with Crippen LogP contribution >= 0.6 is 0 Å². The molecule has 0 unspecified atom stereocenters. The third-order valence-electron chi connectivity index (χ3n) is 0.498. The van der Waals surface area contributed by atoms with Gasteiger partial charge in [0.2, 0.25) is 0 Å². The molecule has 1 aromatic rings. The molecule has 0 atom stereocenters. The molecule has 0 fully saturated rings. The van der Waals surface area contributed by atoms with Crippen LogP contribution in [0.5, 0.6) is 0 Å². The second-order valence-corrected chi connectivity index (χ2v) is 0.958. The third-order valence-corrected chi connectivity index (χ3v) is 0.498. The van der Waals surface area contributed by atoms with Gasteiger partial charge in [-0.2, -0.15) is 0 Å². The fourth-order valence-electron chi connectivity index (χ4n) is 0.243. The molecule has 0 radical (unpaired) electrons. The smallest absolute Gasteiger partial charge is 0.201 e. The van der Waals surface area contributed by atoms with E-state index >= 15 is 0 Å². The summed E-state index contributed by atoms with van der Waals surface area (Å²) in [6.45, 7) is 0. The van der Waals surface area contributed by atoms with E-state index in [1.807, 2.05) is 0 Å². The average Bonchev–Trinajstić information content (AvgIpc) is 1.90. The van der Waals surface area contributed by atoms with Gasteiger partial charge in [0.25, 0.3) is 0 Å². The maximum Gasteiger partial charge on any atom is 0.305 e. The molecule has 0 aliphatic heterocycles. The molecule has 6 nitrogen and oxygen atoms in total. The van der Waals surface area contributed by atoms with Crippen molar-refractivity contribution < 1.29 is 0 Å². The lowest BCUT2D eigenvalue weighted by Gasteiger charge is -1.78. The first-order valence-corrected chi connectivity index (χ1v) is 1.81. The highest BCUT2D eigenvalue weighted by atomic mass is 15.3. The van der Waals surface area contributed by atoms with Crippen molar-refractivity contribution in [1.82, 2.24) is 20.4 Å². The number of rotatable bonds is 1. The molecule has 0 bridgehead atoms. The van der Waals surface area contributed by atoms with Crippen molar-refractivity contribution in [3.05, 3.63) is 6.33 Å². The largest absolute Gasteiger partial charge is 0.305 e. The van der Waals surface area contributed by atoms with E-state index in [0.29, 0.717) is 0 Å². The standard InChI is InChI=1S/C2H2N6/c3-6-2-7-4-1-5-8-2/h1,3H. The molecule has 1 N–H and O–H groups in total. The molecule has 1 rings (SSSR count). The molecular formula is C2H2N6. The van der Waals surface area contributed by atoms with Crippen molar-refractivity contribution >= 4 is 5.95 Å². The number of nitrogens with one attached hydrogen (secondary N) is 1. The summed E-state index contributed by atoms with van der Waals surface area (Å²) < 4.78 is 0. The van der Waals surface area contributed by atoms with Gasteiger partial charge in [-0.25, -0.2) is 5.53 Å². The Labute approximate surface area is 44.5 Å². The van der Waals surface area contributed by atoms with Crippen LogP contribution in [-0.2, 0) is 0 Å². The van der Waals surface area contributed by atoms with E-state index in [0.717, 1.165) is 0 Å². The maximum atomic E-state index is 6.36. The van der Waals surface area contributed by atoms with Crippen molar-refractivity contribution in [2.24, 2.45) is 5.11 Å². The molecule has 6 heteroatoms. The summed E-state index contributed by atoms with van der Waals surface area (Å²) >= 11 is 0. The Balaban J connectivity index is 2.99. The SMILES string of the molecule is N=Nc1nncnn1. The predicted octanol–water partition coefficient (Wildman–Crippen LogP) is -0.0709. The number of nitrogens with zero attached hydrogens (tertiary/aromatic N) is 5. The quantitative estimate of drug-likeness (QED) is 0.512. The zero-order valence-corrected chi connectivity index (χ0v) is 3.81. The van der Waals surface area contributed by atoms with Gasteiger partial charge in [0.05, 0.1) is 0 Å². The van der Waals surface area contributed by atoms with Gasteiger partial charge in [0, 0.05) is 0 Å². The molecule has 8 heavy (non-hydrogen) atoms. The first kappa shape index (κ1) is 4.69. The highest BCUT2D eigenvalue weighted by molar-refractivity contribution is 5.02. The average molecular weight is 110 g/mol. The molecule has 1 aromatic heterocycles. The van der Waals surface area contributed by atoms with Gasteiger partial charge in [-0.3, -0.25) is 0 Å². The Morgan fingerprint density at radius 3 is 2.38 bits per heavy atom. The van der Waals surface area contributed by atoms with Crippen molar-refractivity contribution in [1.29, 1.82) is 5.53 Å². The van der Waals surface area contributed by atoms with E-state index in [-0.39, 0.29) is 5.95 Å². The Kier molecular flexibility index (Phi) is 1.18. The van der Waals surface area contributed by atoms with Crippen molar-refractivity contribution in [3.63, 3.8) is 0 Å². The highest BCUT2D eigenvalue weighted by Gasteiger charge is 1.85. The lowest BCUT2D eigenvalue weighted by atomic mass is 11.1. The van der Waals surface area contributed by atoms with Crippen LogP contribution < -0.4 is 0 Å². The molecule has 1 heterocycles. The number of hydrogen-bond donors (Lipinski definition) is 1.